The molecule has 5 atom stereocenters. The molecule has 0 bridgehead atoms. The summed E-state index contributed by atoms with van der Waals surface area (Å²) in [6.07, 6.45) is 1.65. The van der Waals surface area contributed by atoms with E-state index in [0.717, 1.165) is 12.8 Å². The van der Waals surface area contributed by atoms with E-state index >= 15 is 0 Å². The molecular weight excluding hydrogens is 306 g/mol. The summed E-state index contributed by atoms with van der Waals surface area (Å²) >= 11 is 0. The monoisotopic (exact) mass is 337 g/mol. The molecular formula is C19H31NO4. The highest BCUT2D eigenvalue weighted by atomic mass is 16.6. The average molecular weight is 337 g/mol. The molecule has 1 amide bonds. The van der Waals surface area contributed by atoms with Crippen molar-refractivity contribution < 1.29 is 19.1 Å². The van der Waals surface area contributed by atoms with Gasteiger partial charge in [0.05, 0.1) is 19.3 Å². The third kappa shape index (κ3) is 4.38. The Bertz CT molecular complexity index is 508. The number of rotatable bonds is 4. The second-order valence-electron chi connectivity index (χ2n) is 8.24. The molecule has 136 valence electrons. The molecule has 2 fully saturated rings. The predicted molar refractivity (Wildman–Crippen MR) is 92.7 cm³/mol. The second-order valence-corrected chi connectivity index (χ2v) is 8.24. The maximum Gasteiger partial charge on any atom is 0.408 e. The molecule has 1 saturated carbocycles. The normalized spacial score (nSPS) is 31.8. The fourth-order valence-electron chi connectivity index (χ4n) is 3.79. The summed E-state index contributed by atoms with van der Waals surface area (Å²) in [6, 6.07) is -0.582. The smallest absolute Gasteiger partial charge is 0.408 e. The summed E-state index contributed by atoms with van der Waals surface area (Å²) in [5.74, 6) is 0.893. The van der Waals surface area contributed by atoms with Gasteiger partial charge < -0.3 is 14.8 Å². The molecule has 24 heavy (non-hydrogen) atoms. The highest BCUT2D eigenvalue weighted by molar-refractivity contribution is 5.89. The summed E-state index contributed by atoms with van der Waals surface area (Å²) in [5.41, 5.74) is 0.667. The van der Waals surface area contributed by atoms with E-state index in [2.05, 4.69) is 18.8 Å². The Balaban J connectivity index is 1.97. The van der Waals surface area contributed by atoms with Crippen LogP contribution in [-0.4, -0.2) is 36.7 Å². The Morgan fingerprint density at radius 3 is 2.50 bits per heavy atom. The van der Waals surface area contributed by atoms with Crippen molar-refractivity contribution in [2.24, 2.45) is 23.7 Å². The number of hydrogen-bond acceptors (Lipinski definition) is 4. The molecule has 1 N–H and O–H groups in total. The Morgan fingerprint density at radius 2 is 1.96 bits per heavy atom. The number of carbonyl (C=O) groups excluding carboxylic acids is 2. The van der Waals surface area contributed by atoms with Crippen LogP contribution in [0.25, 0.3) is 0 Å². The number of carbonyl (C=O) groups is 2. The van der Waals surface area contributed by atoms with Gasteiger partial charge in [-0.05, 0) is 52.4 Å². The maximum atomic E-state index is 12.8. The fraction of sp³-hybridized carbons (Fsp3) is 0.789. The van der Waals surface area contributed by atoms with E-state index in [9.17, 15) is 9.59 Å². The molecule has 1 aliphatic carbocycles. The van der Waals surface area contributed by atoms with Gasteiger partial charge in [0, 0.05) is 11.8 Å². The number of hydrogen-bond donors (Lipinski definition) is 1. The van der Waals surface area contributed by atoms with Crippen molar-refractivity contribution >= 4 is 11.9 Å². The van der Waals surface area contributed by atoms with Gasteiger partial charge in [0.2, 0.25) is 0 Å². The van der Waals surface area contributed by atoms with E-state index in [4.69, 9.17) is 9.47 Å². The van der Waals surface area contributed by atoms with Gasteiger partial charge in [-0.25, -0.2) is 4.79 Å². The molecule has 0 radical (unpaired) electrons. The first-order valence-electron chi connectivity index (χ1n) is 8.90. The van der Waals surface area contributed by atoms with Crippen molar-refractivity contribution in [1.82, 2.24) is 5.32 Å². The van der Waals surface area contributed by atoms with Crippen molar-refractivity contribution in [2.45, 2.75) is 59.1 Å². The lowest BCUT2D eigenvalue weighted by Crippen LogP contribution is -2.45. The van der Waals surface area contributed by atoms with Gasteiger partial charge in [0.15, 0.2) is 5.78 Å². The lowest BCUT2D eigenvalue weighted by atomic mass is 9.77. The molecule has 5 heteroatoms. The van der Waals surface area contributed by atoms with E-state index in [-0.39, 0.29) is 17.6 Å². The quantitative estimate of drug-likeness (QED) is 0.799. The minimum atomic E-state index is -0.582. The molecule has 1 aliphatic heterocycles. The minimum Gasteiger partial charge on any atom is -0.444 e. The summed E-state index contributed by atoms with van der Waals surface area (Å²) in [7, 11) is 0. The van der Waals surface area contributed by atoms with Crippen LogP contribution in [0.5, 0.6) is 0 Å². The Kier molecular flexibility index (Phi) is 5.74. The SMILES string of the molecule is C=C1C(C2COC[C@H]2C(=O)[C@H](C)NC(=O)OC(C)(C)C)CC[C@@H]1C. The first-order valence-corrected chi connectivity index (χ1v) is 8.90. The van der Waals surface area contributed by atoms with Crippen LogP contribution in [0.4, 0.5) is 4.79 Å². The van der Waals surface area contributed by atoms with Crippen molar-refractivity contribution in [1.29, 1.82) is 0 Å². The number of Topliss-reactive ketones (excluding diaryl/α,β-unsaturated/α-hetero) is 1. The zero-order chi connectivity index (χ0) is 18.1. The average Bonchev–Trinajstić information content (AvgIpc) is 3.04. The minimum absolute atomic E-state index is 0.0238. The van der Waals surface area contributed by atoms with Gasteiger partial charge in [-0.1, -0.05) is 19.1 Å². The van der Waals surface area contributed by atoms with Gasteiger partial charge in [-0.3, -0.25) is 4.79 Å². The number of ketones is 1. The maximum absolute atomic E-state index is 12.8. The number of amides is 1. The van der Waals surface area contributed by atoms with Crippen LogP contribution >= 0.6 is 0 Å². The van der Waals surface area contributed by atoms with Crippen LogP contribution in [0.3, 0.4) is 0 Å². The highest BCUT2D eigenvalue weighted by Crippen LogP contribution is 2.44. The third-order valence-corrected chi connectivity index (χ3v) is 5.19. The first kappa shape index (κ1) is 19.0. The van der Waals surface area contributed by atoms with E-state index < -0.39 is 17.7 Å². The Hall–Kier alpha value is -1.36. The molecule has 5 nitrogen and oxygen atoms in total. The van der Waals surface area contributed by atoms with Crippen LogP contribution in [0.2, 0.25) is 0 Å². The molecule has 0 aromatic heterocycles. The van der Waals surface area contributed by atoms with E-state index in [1.165, 1.54) is 5.57 Å². The molecule has 1 saturated heterocycles. The summed E-state index contributed by atoms with van der Waals surface area (Å²) < 4.78 is 10.8. The van der Waals surface area contributed by atoms with Gasteiger partial charge in [-0.2, -0.15) is 0 Å². The van der Waals surface area contributed by atoms with Crippen molar-refractivity contribution in [3.8, 4) is 0 Å². The molecule has 2 unspecified atom stereocenters. The number of allylic oxidation sites excluding steroid dienone is 1. The topological polar surface area (TPSA) is 64.6 Å². The highest BCUT2D eigenvalue weighted by Gasteiger charge is 2.44. The van der Waals surface area contributed by atoms with Crippen molar-refractivity contribution in [2.75, 3.05) is 13.2 Å². The number of alkyl carbamates (subject to hydrolysis) is 1. The lowest BCUT2D eigenvalue weighted by molar-refractivity contribution is -0.125. The summed E-state index contributed by atoms with van der Waals surface area (Å²) in [4.78, 5) is 24.7. The molecule has 1 heterocycles. The zero-order valence-electron chi connectivity index (χ0n) is 15.6. The van der Waals surface area contributed by atoms with E-state index in [1.54, 1.807) is 27.7 Å². The van der Waals surface area contributed by atoms with Crippen molar-refractivity contribution in [3.05, 3.63) is 12.2 Å². The predicted octanol–water partition coefficient (Wildman–Crippen LogP) is 3.33. The molecule has 2 aliphatic rings. The Morgan fingerprint density at radius 1 is 1.29 bits per heavy atom. The zero-order valence-corrected chi connectivity index (χ0v) is 15.6. The number of ether oxygens (including phenoxy) is 2. The fourth-order valence-corrected chi connectivity index (χ4v) is 3.79. The van der Waals surface area contributed by atoms with Crippen molar-refractivity contribution in [3.63, 3.8) is 0 Å². The molecule has 0 spiro atoms. The lowest BCUT2D eigenvalue weighted by Gasteiger charge is -2.27. The first-order chi connectivity index (χ1) is 11.1. The van der Waals surface area contributed by atoms with Crippen LogP contribution in [-0.2, 0) is 14.3 Å². The van der Waals surface area contributed by atoms with Gasteiger partial charge >= 0.3 is 6.09 Å². The molecule has 2 rings (SSSR count). The standard InChI is InChI=1S/C19H31NO4/c1-11-7-8-14(12(11)2)15-9-23-10-16(15)17(21)13(3)20-18(22)24-19(4,5)6/h11,13-16H,2,7-10H2,1,3-6H3,(H,20,22)/t11-,13-,14?,15?,16+/m0/s1. The van der Waals surface area contributed by atoms with Gasteiger partial charge in [0.25, 0.3) is 0 Å². The third-order valence-electron chi connectivity index (χ3n) is 5.19. The molecule has 0 aromatic carbocycles. The van der Waals surface area contributed by atoms with Gasteiger partial charge in [-0.15, -0.1) is 0 Å². The van der Waals surface area contributed by atoms with Crippen LogP contribution in [0, 0.1) is 23.7 Å². The largest absolute Gasteiger partial charge is 0.444 e. The van der Waals surface area contributed by atoms with Crippen LogP contribution in [0.15, 0.2) is 12.2 Å². The molecule has 0 aromatic rings. The van der Waals surface area contributed by atoms with Crippen LogP contribution in [0.1, 0.15) is 47.5 Å². The van der Waals surface area contributed by atoms with Gasteiger partial charge in [0.1, 0.15) is 5.60 Å². The number of nitrogens with one attached hydrogen (secondary N) is 1. The Labute approximate surface area is 145 Å². The summed E-state index contributed by atoms with van der Waals surface area (Å²) in [6.45, 7) is 14.6. The van der Waals surface area contributed by atoms with Crippen LogP contribution < -0.4 is 5.32 Å². The second kappa shape index (κ2) is 7.26. The summed E-state index contributed by atoms with van der Waals surface area (Å²) in [5, 5.41) is 2.66. The van der Waals surface area contributed by atoms with E-state index in [1.807, 2.05) is 0 Å². The van der Waals surface area contributed by atoms with E-state index in [0.29, 0.717) is 25.0 Å².